The lowest BCUT2D eigenvalue weighted by molar-refractivity contribution is 0.0979. The third-order valence-electron chi connectivity index (χ3n) is 2.16. The van der Waals surface area contributed by atoms with Crippen molar-refractivity contribution in [3.63, 3.8) is 0 Å². The highest BCUT2D eigenvalue weighted by atomic mass is 32.1. The van der Waals surface area contributed by atoms with E-state index in [1.807, 2.05) is 22.9 Å². The molecule has 0 saturated carbocycles. The zero-order valence-electron chi connectivity index (χ0n) is 8.37. The van der Waals surface area contributed by atoms with E-state index in [9.17, 15) is 4.79 Å². The highest BCUT2D eigenvalue weighted by Crippen LogP contribution is 2.12. The summed E-state index contributed by atoms with van der Waals surface area (Å²) >= 11 is 1.58. The summed E-state index contributed by atoms with van der Waals surface area (Å²) in [6.45, 7) is 3.67. The lowest BCUT2D eigenvalue weighted by Crippen LogP contribution is -1.96. The number of hydrogen-bond acceptors (Lipinski definition) is 2. The normalized spacial score (nSPS) is 10.0. The van der Waals surface area contributed by atoms with Crippen LogP contribution in [0.2, 0.25) is 0 Å². The Kier molecular flexibility index (Phi) is 5.23. The first kappa shape index (κ1) is 11.2. The second-order valence-electron chi connectivity index (χ2n) is 3.32. The van der Waals surface area contributed by atoms with Crippen molar-refractivity contribution in [2.45, 2.75) is 32.1 Å². The fraction of sp³-hybridized carbons (Fsp3) is 0.417. The lowest BCUT2D eigenvalue weighted by atomic mass is 10.1. The molecule has 0 aliphatic heterocycles. The molecule has 0 atom stereocenters. The van der Waals surface area contributed by atoms with Gasteiger partial charge in [0.05, 0.1) is 0 Å². The van der Waals surface area contributed by atoms with E-state index in [0.717, 1.165) is 31.2 Å². The van der Waals surface area contributed by atoms with Crippen LogP contribution in [0.4, 0.5) is 0 Å². The van der Waals surface area contributed by atoms with Gasteiger partial charge in [-0.25, -0.2) is 0 Å². The quantitative estimate of drug-likeness (QED) is 0.375. The van der Waals surface area contributed by atoms with Gasteiger partial charge in [-0.3, -0.25) is 4.79 Å². The average Bonchev–Trinajstić information content (AvgIpc) is 2.70. The van der Waals surface area contributed by atoms with Crippen molar-refractivity contribution in [3.8, 4) is 0 Å². The predicted octanol–water partition coefficient (Wildman–Crippen LogP) is 4.07. The molecule has 0 fully saturated rings. The Labute approximate surface area is 89.5 Å². The highest BCUT2D eigenvalue weighted by Gasteiger charge is 2.04. The van der Waals surface area contributed by atoms with Gasteiger partial charge in [-0.2, -0.15) is 11.3 Å². The largest absolute Gasteiger partial charge is 0.294 e. The summed E-state index contributed by atoms with van der Waals surface area (Å²) in [5.41, 5.74) is 0.874. The van der Waals surface area contributed by atoms with Gasteiger partial charge < -0.3 is 0 Å². The molecule has 0 aliphatic carbocycles. The molecule has 0 unspecified atom stereocenters. The Bertz CT molecular complexity index is 275. The molecule has 0 bridgehead atoms. The summed E-state index contributed by atoms with van der Waals surface area (Å²) in [6.07, 6.45) is 6.96. The van der Waals surface area contributed by atoms with E-state index < -0.39 is 0 Å². The first-order chi connectivity index (χ1) is 6.84. The van der Waals surface area contributed by atoms with Crippen LogP contribution in [0.3, 0.4) is 0 Å². The van der Waals surface area contributed by atoms with Crippen molar-refractivity contribution in [1.29, 1.82) is 0 Å². The summed E-state index contributed by atoms with van der Waals surface area (Å²) in [7, 11) is 0. The second kappa shape index (κ2) is 6.55. The van der Waals surface area contributed by atoms with E-state index in [1.54, 1.807) is 11.3 Å². The Balaban J connectivity index is 2.13. The summed E-state index contributed by atoms with van der Waals surface area (Å²) in [5.74, 6) is 0.282. The SMILES string of the molecule is C=CCCCCCC(=O)c1ccsc1. The van der Waals surface area contributed by atoms with Gasteiger partial charge in [0.2, 0.25) is 0 Å². The summed E-state index contributed by atoms with van der Waals surface area (Å²) in [5, 5.41) is 3.87. The minimum atomic E-state index is 0.282. The van der Waals surface area contributed by atoms with Crippen LogP contribution in [0.5, 0.6) is 0 Å². The van der Waals surface area contributed by atoms with Crippen molar-refractivity contribution in [2.24, 2.45) is 0 Å². The number of Topliss-reactive ketones (excluding diaryl/α,β-unsaturated/α-hetero) is 1. The second-order valence-corrected chi connectivity index (χ2v) is 4.10. The summed E-state index contributed by atoms with van der Waals surface area (Å²) < 4.78 is 0. The molecular weight excluding hydrogens is 192 g/mol. The van der Waals surface area contributed by atoms with Crippen LogP contribution < -0.4 is 0 Å². The zero-order chi connectivity index (χ0) is 10.2. The van der Waals surface area contributed by atoms with E-state index >= 15 is 0 Å². The molecule has 1 rings (SSSR count). The highest BCUT2D eigenvalue weighted by molar-refractivity contribution is 7.08. The number of ketones is 1. The van der Waals surface area contributed by atoms with E-state index in [4.69, 9.17) is 0 Å². The number of hydrogen-bond donors (Lipinski definition) is 0. The molecule has 0 aromatic carbocycles. The van der Waals surface area contributed by atoms with Gasteiger partial charge in [0, 0.05) is 17.4 Å². The van der Waals surface area contributed by atoms with Crippen LogP contribution in [0.1, 0.15) is 42.5 Å². The lowest BCUT2D eigenvalue weighted by Gasteiger charge is -1.97. The minimum Gasteiger partial charge on any atom is -0.294 e. The first-order valence-electron chi connectivity index (χ1n) is 5.01. The van der Waals surface area contributed by atoms with Gasteiger partial charge >= 0.3 is 0 Å². The third kappa shape index (κ3) is 3.88. The van der Waals surface area contributed by atoms with Crippen LogP contribution in [-0.2, 0) is 0 Å². The molecule has 0 aliphatic rings. The number of rotatable bonds is 7. The monoisotopic (exact) mass is 208 g/mol. The van der Waals surface area contributed by atoms with Crippen molar-refractivity contribution in [1.82, 2.24) is 0 Å². The smallest absolute Gasteiger partial charge is 0.163 e. The predicted molar refractivity (Wildman–Crippen MR) is 61.9 cm³/mol. The van der Waals surface area contributed by atoms with E-state index in [0.29, 0.717) is 6.42 Å². The van der Waals surface area contributed by atoms with Gasteiger partial charge in [-0.1, -0.05) is 12.5 Å². The molecular formula is C12H16OS. The molecule has 0 radical (unpaired) electrons. The Morgan fingerprint density at radius 1 is 1.43 bits per heavy atom. The van der Waals surface area contributed by atoms with Crippen molar-refractivity contribution in [2.75, 3.05) is 0 Å². The van der Waals surface area contributed by atoms with Crippen molar-refractivity contribution in [3.05, 3.63) is 35.0 Å². The van der Waals surface area contributed by atoms with Gasteiger partial charge in [-0.05, 0) is 30.7 Å². The van der Waals surface area contributed by atoms with Crippen LogP contribution in [0.15, 0.2) is 29.5 Å². The Hall–Kier alpha value is -0.890. The van der Waals surface area contributed by atoms with Crippen LogP contribution in [0.25, 0.3) is 0 Å². The molecule has 1 heterocycles. The Morgan fingerprint density at radius 3 is 2.93 bits per heavy atom. The molecule has 2 heteroatoms. The summed E-state index contributed by atoms with van der Waals surface area (Å²) in [6, 6.07) is 1.90. The molecule has 0 saturated heterocycles. The molecule has 0 N–H and O–H groups in total. The van der Waals surface area contributed by atoms with E-state index in [1.165, 1.54) is 0 Å². The fourth-order valence-corrected chi connectivity index (χ4v) is 1.98. The molecule has 76 valence electrons. The van der Waals surface area contributed by atoms with Gasteiger partial charge in [0.25, 0.3) is 0 Å². The maximum atomic E-state index is 11.5. The fourth-order valence-electron chi connectivity index (χ4n) is 1.32. The van der Waals surface area contributed by atoms with Crippen LogP contribution in [-0.4, -0.2) is 5.78 Å². The third-order valence-corrected chi connectivity index (χ3v) is 2.84. The van der Waals surface area contributed by atoms with E-state index in [2.05, 4.69) is 6.58 Å². The molecule has 0 amide bonds. The molecule has 1 aromatic heterocycles. The minimum absolute atomic E-state index is 0.282. The molecule has 1 aromatic rings. The van der Waals surface area contributed by atoms with Gasteiger partial charge in [-0.15, -0.1) is 6.58 Å². The first-order valence-corrected chi connectivity index (χ1v) is 5.95. The number of allylic oxidation sites excluding steroid dienone is 1. The summed E-state index contributed by atoms with van der Waals surface area (Å²) in [4.78, 5) is 11.5. The number of thiophene rings is 1. The number of carbonyl (C=O) groups excluding carboxylic acids is 1. The van der Waals surface area contributed by atoms with Crippen molar-refractivity contribution < 1.29 is 4.79 Å². The van der Waals surface area contributed by atoms with E-state index in [-0.39, 0.29) is 5.78 Å². The topological polar surface area (TPSA) is 17.1 Å². The standard InChI is InChI=1S/C12H16OS/c1-2-3-4-5-6-7-12(13)11-8-9-14-10-11/h2,8-10H,1,3-7H2. The van der Waals surface area contributed by atoms with Crippen LogP contribution >= 0.6 is 11.3 Å². The maximum absolute atomic E-state index is 11.5. The maximum Gasteiger partial charge on any atom is 0.163 e. The molecule has 14 heavy (non-hydrogen) atoms. The van der Waals surface area contributed by atoms with Crippen LogP contribution in [0, 0.1) is 0 Å². The Morgan fingerprint density at radius 2 is 2.29 bits per heavy atom. The van der Waals surface area contributed by atoms with Crippen molar-refractivity contribution >= 4 is 17.1 Å². The molecule has 1 nitrogen and oxygen atoms in total. The number of unbranched alkanes of at least 4 members (excludes halogenated alkanes) is 3. The molecule has 0 spiro atoms. The van der Waals surface area contributed by atoms with Gasteiger partial charge in [0.1, 0.15) is 0 Å². The van der Waals surface area contributed by atoms with Gasteiger partial charge in [0.15, 0.2) is 5.78 Å². The average molecular weight is 208 g/mol. The number of carbonyl (C=O) groups is 1. The zero-order valence-corrected chi connectivity index (χ0v) is 9.19.